The fraction of sp³-hybridized carbons (Fsp3) is 0.0769. The van der Waals surface area contributed by atoms with Gasteiger partial charge in [0.15, 0.2) is 0 Å². The summed E-state index contributed by atoms with van der Waals surface area (Å²) in [6.07, 6.45) is 1.48. The lowest BCUT2D eigenvalue weighted by atomic mass is 10.2. The Balaban J connectivity index is 2.14. The van der Waals surface area contributed by atoms with Gasteiger partial charge in [-0.05, 0) is 29.8 Å². The summed E-state index contributed by atoms with van der Waals surface area (Å²) in [6.45, 7) is 0.217. The predicted octanol–water partition coefficient (Wildman–Crippen LogP) is 2.84. The maximum Gasteiger partial charge on any atom is 0.149 e. The predicted molar refractivity (Wildman–Crippen MR) is 62.6 cm³/mol. The Labute approximate surface area is 103 Å². The summed E-state index contributed by atoms with van der Waals surface area (Å²) < 4.78 is 26.7. The average molecular weight is 245 g/mol. The van der Waals surface area contributed by atoms with E-state index in [1.54, 1.807) is 12.1 Å². The molecule has 5 heteroatoms. The van der Waals surface area contributed by atoms with Crippen molar-refractivity contribution in [3.63, 3.8) is 0 Å². The van der Waals surface area contributed by atoms with Gasteiger partial charge in [0, 0.05) is 12.7 Å². The molecule has 0 unspecified atom stereocenters. The molecule has 0 spiro atoms. The summed E-state index contributed by atoms with van der Waals surface area (Å²) in [6, 6.07) is 8.80. The molecule has 2 aromatic rings. The van der Waals surface area contributed by atoms with Crippen molar-refractivity contribution >= 4 is 5.69 Å². The van der Waals surface area contributed by atoms with Gasteiger partial charge in [0.1, 0.15) is 29.1 Å². The Bertz CT molecular complexity index is 585. The molecule has 0 amide bonds. The minimum Gasteiger partial charge on any atom is -0.376 e. The number of nitrogens with zero attached hydrogens (tertiary/aromatic N) is 2. The molecule has 1 aromatic carbocycles. The Kier molecular flexibility index (Phi) is 3.49. The quantitative estimate of drug-likeness (QED) is 0.904. The van der Waals surface area contributed by atoms with Crippen LogP contribution in [0.5, 0.6) is 0 Å². The number of rotatable bonds is 3. The SMILES string of the molecule is N#Cc1cc(CNc2c(F)cccc2F)ccn1. The summed E-state index contributed by atoms with van der Waals surface area (Å²) >= 11 is 0. The number of hydrogen-bond donors (Lipinski definition) is 1. The number of nitriles is 1. The molecular formula is C13H9F2N3. The standard InChI is InChI=1S/C13H9F2N3/c14-11-2-1-3-12(15)13(11)18-8-9-4-5-17-10(6-9)7-16/h1-6,18H,8H2. The van der Waals surface area contributed by atoms with Crippen molar-refractivity contribution < 1.29 is 8.78 Å². The second-order valence-electron chi connectivity index (χ2n) is 3.61. The number of anilines is 1. The van der Waals surface area contributed by atoms with Crippen molar-refractivity contribution in [2.75, 3.05) is 5.32 Å². The van der Waals surface area contributed by atoms with E-state index in [0.717, 1.165) is 5.56 Å². The molecule has 0 atom stereocenters. The lowest BCUT2D eigenvalue weighted by molar-refractivity contribution is 0.588. The molecule has 1 aromatic heterocycles. The van der Waals surface area contributed by atoms with E-state index in [-0.39, 0.29) is 17.9 Å². The summed E-state index contributed by atoms with van der Waals surface area (Å²) in [7, 11) is 0. The number of pyridine rings is 1. The van der Waals surface area contributed by atoms with E-state index >= 15 is 0 Å². The second kappa shape index (κ2) is 5.23. The summed E-state index contributed by atoms with van der Waals surface area (Å²) in [4.78, 5) is 3.81. The summed E-state index contributed by atoms with van der Waals surface area (Å²) in [5.74, 6) is -1.30. The molecule has 0 saturated carbocycles. The highest BCUT2D eigenvalue weighted by Gasteiger charge is 2.07. The van der Waals surface area contributed by atoms with Crippen LogP contribution in [0.3, 0.4) is 0 Å². The zero-order chi connectivity index (χ0) is 13.0. The molecule has 2 rings (SSSR count). The first-order valence-electron chi connectivity index (χ1n) is 5.23. The average Bonchev–Trinajstić information content (AvgIpc) is 2.38. The van der Waals surface area contributed by atoms with Gasteiger partial charge in [-0.25, -0.2) is 13.8 Å². The van der Waals surface area contributed by atoms with Crippen molar-refractivity contribution in [1.82, 2.24) is 4.98 Å². The molecule has 1 N–H and O–H groups in total. The zero-order valence-corrected chi connectivity index (χ0v) is 9.32. The first kappa shape index (κ1) is 12.0. The minimum atomic E-state index is -0.649. The molecule has 0 radical (unpaired) electrons. The largest absolute Gasteiger partial charge is 0.376 e. The number of nitrogens with one attached hydrogen (secondary N) is 1. The van der Waals surface area contributed by atoms with Crippen LogP contribution in [-0.2, 0) is 6.54 Å². The van der Waals surface area contributed by atoms with Gasteiger partial charge in [0.2, 0.25) is 0 Å². The Morgan fingerprint density at radius 2 is 1.94 bits per heavy atom. The fourth-order valence-corrected chi connectivity index (χ4v) is 1.50. The van der Waals surface area contributed by atoms with Crippen LogP contribution < -0.4 is 5.32 Å². The van der Waals surface area contributed by atoms with Crippen LogP contribution >= 0.6 is 0 Å². The van der Waals surface area contributed by atoms with Gasteiger partial charge in [0.05, 0.1) is 0 Å². The van der Waals surface area contributed by atoms with Crippen LogP contribution in [0.1, 0.15) is 11.3 Å². The Morgan fingerprint density at radius 1 is 1.22 bits per heavy atom. The van der Waals surface area contributed by atoms with Gasteiger partial charge in [-0.3, -0.25) is 0 Å². The molecule has 0 bridgehead atoms. The number of aromatic nitrogens is 1. The molecule has 0 fully saturated rings. The minimum absolute atomic E-state index is 0.173. The van der Waals surface area contributed by atoms with Crippen LogP contribution in [0.2, 0.25) is 0 Å². The van der Waals surface area contributed by atoms with Gasteiger partial charge < -0.3 is 5.32 Å². The van der Waals surface area contributed by atoms with Gasteiger partial charge in [-0.2, -0.15) is 5.26 Å². The highest BCUT2D eigenvalue weighted by atomic mass is 19.1. The smallest absolute Gasteiger partial charge is 0.149 e. The van der Waals surface area contributed by atoms with E-state index in [9.17, 15) is 8.78 Å². The van der Waals surface area contributed by atoms with E-state index in [4.69, 9.17) is 5.26 Å². The molecule has 0 aliphatic rings. The highest BCUT2D eigenvalue weighted by Crippen LogP contribution is 2.18. The van der Waals surface area contributed by atoms with Crippen LogP contribution in [0, 0.1) is 23.0 Å². The Morgan fingerprint density at radius 3 is 2.61 bits per heavy atom. The molecule has 3 nitrogen and oxygen atoms in total. The lowest BCUT2D eigenvalue weighted by Crippen LogP contribution is -2.04. The summed E-state index contributed by atoms with van der Waals surface area (Å²) in [5.41, 5.74) is 0.820. The number of halogens is 2. The van der Waals surface area contributed by atoms with Crippen molar-refractivity contribution in [1.29, 1.82) is 5.26 Å². The van der Waals surface area contributed by atoms with E-state index in [1.807, 2.05) is 6.07 Å². The maximum atomic E-state index is 13.3. The van der Waals surface area contributed by atoms with Crippen LogP contribution in [0.4, 0.5) is 14.5 Å². The third-order valence-electron chi connectivity index (χ3n) is 2.37. The molecule has 18 heavy (non-hydrogen) atoms. The van der Waals surface area contributed by atoms with E-state index in [0.29, 0.717) is 0 Å². The van der Waals surface area contributed by atoms with E-state index in [1.165, 1.54) is 24.4 Å². The van der Waals surface area contributed by atoms with Crippen molar-refractivity contribution in [3.05, 3.63) is 59.4 Å². The first-order valence-corrected chi connectivity index (χ1v) is 5.23. The third kappa shape index (κ3) is 2.61. The second-order valence-corrected chi connectivity index (χ2v) is 3.61. The number of benzene rings is 1. The van der Waals surface area contributed by atoms with Crippen molar-refractivity contribution in [2.45, 2.75) is 6.54 Å². The highest BCUT2D eigenvalue weighted by molar-refractivity contribution is 5.46. The number of para-hydroxylation sites is 1. The topological polar surface area (TPSA) is 48.7 Å². The molecule has 0 saturated heterocycles. The molecule has 90 valence electrons. The van der Waals surface area contributed by atoms with Crippen LogP contribution in [0.15, 0.2) is 36.5 Å². The molecular weight excluding hydrogens is 236 g/mol. The lowest BCUT2D eigenvalue weighted by Gasteiger charge is -2.08. The molecule has 0 aliphatic heterocycles. The van der Waals surface area contributed by atoms with Crippen molar-refractivity contribution in [2.24, 2.45) is 0 Å². The summed E-state index contributed by atoms with van der Waals surface area (Å²) in [5, 5.41) is 11.3. The Hall–Kier alpha value is -2.48. The zero-order valence-electron chi connectivity index (χ0n) is 9.32. The third-order valence-corrected chi connectivity index (χ3v) is 2.37. The van der Waals surface area contributed by atoms with Gasteiger partial charge in [-0.15, -0.1) is 0 Å². The van der Waals surface area contributed by atoms with Crippen LogP contribution in [-0.4, -0.2) is 4.98 Å². The van der Waals surface area contributed by atoms with E-state index in [2.05, 4.69) is 10.3 Å². The van der Waals surface area contributed by atoms with Crippen molar-refractivity contribution in [3.8, 4) is 6.07 Å². The van der Waals surface area contributed by atoms with Gasteiger partial charge in [-0.1, -0.05) is 6.07 Å². The first-order chi connectivity index (χ1) is 8.70. The van der Waals surface area contributed by atoms with E-state index < -0.39 is 11.6 Å². The fourth-order valence-electron chi connectivity index (χ4n) is 1.50. The normalized spacial score (nSPS) is 9.83. The number of hydrogen-bond acceptors (Lipinski definition) is 3. The monoisotopic (exact) mass is 245 g/mol. The maximum absolute atomic E-state index is 13.3. The van der Waals surface area contributed by atoms with Gasteiger partial charge >= 0.3 is 0 Å². The van der Waals surface area contributed by atoms with Crippen LogP contribution in [0.25, 0.3) is 0 Å². The molecule has 1 heterocycles. The molecule has 0 aliphatic carbocycles. The van der Waals surface area contributed by atoms with Gasteiger partial charge in [0.25, 0.3) is 0 Å².